The van der Waals surface area contributed by atoms with E-state index >= 15 is 0 Å². The molecule has 2 rings (SSSR count). The smallest absolute Gasteiger partial charge is 0.0418 e. The normalized spacial score (nSPS) is 25.0. The van der Waals surface area contributed by atoms with Gasteiger partial charge in [0.25, 0.3) is 0 Å². The Morgan fingerprint density at radius 1 is 1.40 bits per heavy atom. The summed E-state index contributed by atoms with van der Waals surface area (Å²) in [6, 6.07) is 7.03. The molecule has 2 N–H and O–H groups in total. The molecule has 0 saturated carbocycles. The minimum absolute atomic E-state index is 0.232. The second-order valence-electron chi connectivity index (χ2n) is 4.17. The number of aryl methyl sites for hydroxylation is 1. The summed E-state index contributed by atoms with van der Waals surface area (Å²) in [5, 5.41) is 0.601. The summed E-state index contributed by atoms with van der Waals surface area (Å²) in [6.45, 7) is 4.42. The molecule has 2 heteroatoms. The minimum Gasteiger partial charge on any atom is -0.323 e. The van der Waals surface area contributed by atoms with Crippen molar-refractivity contribution in [3.63, 3.8) is 0 Å². The lowest BCUT2D eigenvalue weighted by Crippen LogP contribution is -2.27. The van der Waals surface area contributed by atoms with Crippen molar-refractivity contribution in [2.45, 2.75) is 43.7 Å². The first-order valence-corrected chi connectivity index (χ1v) is 6.80. The number of rotatable bonds is 2. The van der Waals surface area contributed by atoms with Gasteiger partial charge in [-0.1, -0.05) is 32.0 Å². The average molecular weight is 221 g/mol. The van der Waals surface area contributed by atoms with Crippen molar-refractivity contribution in [2.75, 3.05) is 0 Å². The van der Waals surface area contributed by atoms with Crippen molar-refractivity contribution < 1.29 is 0 Å². The third-order valence-electron chi connectivity index (χ3n) is 3.23. The molecule has 2 unspecified atom stereocenters. The van der Waals surface area contributed by atoms with Crippen molar-refractivity contribution in [2.24, 2.45) is 5.73 Å². The van der Waals surface area contributed by atoms with Crippen molar-refractivity contribution in [1.29, 1.82) is 0 Å². The zero-order chi connectivity index (χ0) is 10.8. The van der Waals surface area contributed by atoms with Crippen molar-refractivity contribution in [3.8, 4) is 0 Å². The monoisotopic (exact) mass is 221 g/mol. The number of thioether (sulfide) groups is 1. The first-order chi connectivity index (χ1) is 7.26. The summed E-state index contributed by atoms with van der Waals surface area (Å²) < 4.78 is 0. The van der Waals surface area contributed by atoms with Crippen LogP contribution in [0.4, 0.5) is 0 Å². The highest BCUT2D eigenvalue weighted by Crippen LogP contribution is 2.38. The van der Waals surface area contributed by atoms with Gasteiger partial charge < -0.3 is 5.73 Å². The van der Waals surface area contributed by atoms with Gasteiger partial charge in [0.15, 0.2) is 0 Å². The van der Waals surface area contributed by atoms with Gasteiger partial charge in [0.05, 0.1) is 0 Å². The van der Waals surface area contributed by atoms with Crippen LogP contribution >= 0.6 is 11.8 Å². The Kier molecular flexibility index (Phi) is 3.37. The molecule has 1 aliphatic rings. The molecule has 0 radical (unpaired) electrons. The number of benzene rings is 1. The Morgan fingerprint density at radius 2 is 2.20 bits per heavy atom. The average Bonchev–Trinajstić information content (AvgIpc) is 2.29. The van der Waals surface area contributed by atoms with E-state index in [1.54, 1.807) is 0 Å². The number of hydrogen-bond donors (Lipinski definition) is 1. The molecule has 1 aromatic rings. The van der Waals surface area contributed by atoms with Gasteiger partial charge in [0, 0.05) is 17.0 Å². The van der Waals surface area contributed by atoms with E-state index in [4.69, 9.17) is 5.73 Å². The molecular weight excluding hydrogens is 202 g/mol. The van der Waals surface area contributed by atoms with Crippen LogP contribution in [0.2, 0.25) is 0 Å². The van der Waals surface area contributed by atoms with Crippen molar-refractivity contribution >= 4 is 11.8 Å². The third kappa shape index (κ3) is 2.06. The van der Waals surface area contributed by atoms with Gasteiger partial charge in [-0.05, 0) is 29.5 Å². The summed E-state index contributed by atoms with van der Waals surface area (Å²) in [4.78, 5) is 0. The van der Waals surface area contributed by atoms with E-state index in [1.807, 2.05) is 11.8 Å². The topological polar surface area (TPSA) is 26.0 Å². The summed E-state index contributed by atoms with van der Waals surface area (Å²) in [5.74, 6) is 1.13. The fraction of sp³-hybridized carbons (Fsp3) is 0.538. The van der Waals surface area contributed by atoms with Crippen LogP contribution in [0.1, 0.15) is 43.0 Å². The molecule has 1 nitrogen and oxygen atoms in total. The Morgan fingerprint density at radius 3 is 2.87 bits per heavy atom. The van der Waals surface area contributed by atoms with E-state index in [0.717, 1.165) is 12.2 Å². The van der Waals surface area contributed by atoms with Crippen LogP contribution in [0.5, 0.6) is 0 Å². The number of nitrogens with two attached hydrogens (primary N) is 1. The van der Waals surface area contributed by atoms with E-state index in [9.17, 15) is 0 Å². The molecule has 1 aromatic carbocycles. The van der Waals surface area contributed by atoms with Crippen LogP contribution < -0.4 is 5.73 Å². The number of fused-ring (bicyclic) bond motifs is 1. The van der Waals surface area contributed by atoms with E-state index in [1.165, 1.54) is 23.1 Å². The minimum atomic E-state index is 0.232. The van der Waals surface area contributed by atoms with Gasteiger partial charge in [0.2, 0.25) is 0 Å². The standard InChI is InChI=1S/C13H19NS/c1-3-9-5-6-10-8-15-12(4-2)13(14)11(10)7-9/h5-7,12-13H,3-4,8,14H2,1-2H3. The molecule has 0 amide bonds. The van der Waals surface area contributed by atoms with E-state index in [2.05, 4.69) is 32.0 Å². The molecule has 82 valence electrons. The molecule has 0 aliphatic carbocycles. The molecular formula is C13H19NS. The molecule has 15 heavy (non-hydrogen) atoms. The zero-order valence-corrected chi connectivity index (χ0v) is 10.3. The molecule has 2 atom stereocenters. The summed E-state index contributed by atoms with van der Waals surface area (Å²) in [5.41, 5.74) is 10.5. The molecule has 0 fully saturated rings. The molecule has 1 heterocycles. The van der Waals surface area contributed by atoms with Gasteiger partial charge in [-0.15, -0.1) is 0 Å². The van der Waals surface area contributed by atoms with Gasteiger partial charge in [-0.2, -0.15) is 11.8 Å². The lowest BCUT2D eigenvalue weighted by atomic mass is 9.94. The van der Waals surface area contributed by atoms with E-state index in [0.29, 0.717) is 5.25 Å². The highest BCUT2D eigenvalue weighted by molar-refractivity contribution is 7.99. The van der Waals surface area contributed by atoms with Crippen molar-refractivity contribution in [1.82, 2.24) is 0 Å². The van der Waals surface area contributed by atoms with Crippen molar-refractivity contribution in [3.05, 3.63) is 34.9 Å². The first-order valence-electron chi connectivity index (χ1n) is 5.75. The molecule has 0 aromatic heterocycles. The van der Waals surface area contributed by atoms with E-state index in [-0.39, 0.29) is 6.04 Å². The number of hydrogen-bond acceptors (Lipinski definition) is 2. The SMILES string of the molecule is CCc1ccc2c(c1)C(N)C(CC)SC2. The van der Waals surface area contributed by atoms with Crippen LogP contribution in [-0.4, -0.2) is 5.25 Å². The van der Waals surface area contributed by atoms with Gasteiger partial charge in [-0.25, -0.2) is 0 Å². The van der Waals surface area contributed by atoms with E-state index < -0.39 is 0 Å². The molecule has 0 saturated heterocycles. The lowest BCUT2D eigenvalue weighted by molar-refractivity contribution is 0.642. The summed E-state index contributed by atoms with van der Waals surface area (Å²) in [6.07, 6.45) is 2.27. The largest absolute Gasteiger partial charge is 0.323 e. The Balaban J connectivity index is 2.35. The zero-order valence-electron chi connectivity index (χ0n) is 9.49. The quantitative estimate of drug-likeness (QED) is 0.829. The van der Waals surface area contributed by atoms with Gasteiger partial charge >= 0.3 is 0 Å². The lowest BCUT2D eigenvalue weighted by Gasteiger charge is -2.30. The molecule has 1 aliphatic heterocycles. The Bertz CT molecular complexity index is 348. The maximum atomic E-state index is 6.30. The van der Waals surface area contributed by atoms with Crippen LogP contribution in [0.15, 0.2) is 18.2 Å². The maximum Gasteiger partial charge on any atom is 0.0418 e. The second-order valence-corrected chi connectivity index (χ2v) is 5.40. The van der Waals surface area contributed by atoms with Gasteiger partial charge in [-0.3, -0.25) is 0 Å². The fourth-order valence-corrected chi connectivity index (χ4v) is 3.42. The summed E-state index contributed by atoms with van der Waals surface area (Å²) >= 11 is 2.00. The van der Waals surface area contributed by atoms with Gasteiger partial charge in [0.1, 0.15) is 0 Å². The van der Waals surface area contributed by atoms with Crippen LogP contribution in [0.3, 0.4) is 0 Å². The third-order valence-corrected chi connectivity index (χ3v) is 4.77. The fourth-order valence-electron chi connectivity index (χ4n) is 2.18. The maximum absolute atomic E-state index is 6.30. The van der Waals surface area contributed by atoms with Crippen LogP contribution in [0, 0.1) is 0 Å². The first kappa shape index (κ1) is 11.0. The predicted molar refractivity (Wildman–Crippen MR) is 68.1 cm³/mol. The molecule has 0 bridgehead atoms. The summed E-state index contributed by atoms with van der Waals surface area (Å²) in [7, 11) is 0. The Hall–Kier alpha value is -0.470. The predicted octanol–water partition coefficient (Wildman–Crippen LogP) is 3.27. The Labute approximate surface area is 96.4 Å². The highest BCUT2D eigenvalue weighted by atomic mass is 32.2. The second kappa shape index (κ2) is 4.58. The highest BCUT2D eigenvalue weighted by Gasteiger charge is 2.25. The van der Waals surface area contributed by atoms with Crippen LogP contribution in [0.25, 0.3) is 0 Å². The molecule has 0 spiro atoms. The van der Waals surface area contributed by atoms with Crippen LogP contribution in [-0.2, 0) is 12.2 Å².